The maximum atomic E-state index is 13.0. The van der Waals surface area contributed by atoms with Gasteiger partial charge in [0.1, 0.15) is 0 Å². The van der Waals surface area contributed by atoms with E-state index in [1.54, 1.807) is 13.1 Å². The lowest BCUT2D eigenvalue weighted by atomic mass is 9.84. The van der Waals surface area contributed by atoms with Crippen molar-refractivity contribution >= 4 is 5.96 Å². The number of nitrogens with zero attached hydrogens (tertiary/aromatic N) is 1. The van der Waals surface area contributed by atoms with Gasteiger partial charge in [0.05, 0.1) is 18.3 Å². The van der Waals surface area contributed by atoms with Gasteiger partial charge in [0, 0.05) is 38.8 Å². The first-order valence-electron chi connectivity index (χ1n) is 9.54. The van der Waals surface area contributed by atoms with Crippen molar-refractivity contribution < 1.29 is 22.6 Å². The fourth-order valence-electron chi connectivity index (χ4n) is 2.92. The summed E-state index contributed by atoms with van der Waals surface area (Å²) in [4.78, 5) is 4.17. The minimum absolute atomic E-state index is 0.200. The van der Waals surface area contributed by atoms with Crippen molar-refractivity contribution in [1.82, 2.24) is 10.6 Å². The Hall–Kier alpha value is -1.80. The highest BCUT2D eigenvalue weighted by atomic mass is 19.4. The largest absolute Gasteiger partial charge is 0.416 e. The maximum absolute atomic E-state index is 13.0. The molecule has 1 aromatic carbocycles. The summed E-state index contributed by atoms with van der Waals surface area (Å²) in [7, 11) is 1.67. The number of aliphatic imine (C=N–C) groups is 1. The van der Waals surface area contributed by atoms with E-state index in [9.17, 15) is 13.2 Å². The number of ether oxygens (including phenoxy) is 2. The molecule has 1 saturated heterocycles. The van der Waals surface area contributed by atoms with Crippen molar-refractivity contribution in [3.63, 3.8) is 0 Å². The van der Waals surface area contributed by atoms with Crippen LogP contribution in [0.1, 0.15) is 37.8 Å². The molecule has 0 spiro atoms. The molecule has 1 aliphatic rings. The molecule has 158 valence electrons. The number of rotatable bonds is 8. The highest BCUT2D eigenvalue weighted by molar-refractivity contribution is 5.79. The zero-order chi connectivity index (χ0) is 20.6. The molecule has 1 aromatic rings. The second-order valence-electron chi connectivity index (χ2n) is 7.52. The third kappa shape index (κ3) is 6.98. The Labute approximate surface area is 164 Å². The third-order valence-corrected chi connectivity index (χ3v) is 4.75. The van der Waals surface area contributed by atoms with Crippen LogP contribution in [0.3, 0.4) is 0 Å². The van der Waals surface area contributed by atoms with Gasteiger partial charge in [0.15, 0.2) is 5.96 Å². The van der Waals surface area contributed by atoms with E-state index in [2.05, 4.69) is 15.6 Å². The van der Waals surface area contributed by atoms with Crippen molar-refractivity contribution in [2.75, 3.05) is 40.0 Å². The Morgan fingerprint density at radius 3 is 2.64 bits per heavy atom. The standard InChI is InChI=1S/C20H30F3N3O2/c1-19(2,15-6-4-7-16(12-15)20(21,22)23)14-26-18(24-3)25-9-5-10-28-17-8-11-27-13-17/h4,6-7,12,17H,5,8-11,13-14H2,1-3H3,(H2,24,25,26). The first-order chi connectivity index (χ1) is 13.2. The number of benzene rings is 1. The molecule has 28 heavy (non-hydrogen) atoms. The maximum Gasteiger partial charge on any atom is 0.416 e. The molecular weight excluding hydrogens is 371 g/mol. The summed E-state index contributed by atoms with van der Waals surface area (Å²) >= 11 is 0. The molecule has 2 rings (SSSR count). The second-order valence-corrected chi connectivity index (χ2v) is 7.52. The lowest BCUT2D eigenvalue weighted by Gasteiger charge is -2.27. The molecule has 1 atom stereocenters. The second kappa shape index (κ2) is 10.1. The van der Waals surface area contributed by atoms with E-state index in [-0.39, 0.29) is 6.10 Å². The van der Waals surface area contributed by atoms with E-state index >= 15 is 0 Å². The summed E-state index contributed by atoms with van der Waals surface area (Å²) < 4.78 is 49.9. The van der Waals surface area contributed by atoms with Crippen LogP contribution in [-0.2, 0) is 21.1 Å². The van der Waals surface area contributed by atoms with Gasteiger partial charge in [0.25, 0.3) is 0 Å². The number of hydrogen-bond donors (Lipinski definition) is 2. The summed E-state index contributed by atoms with van der Waals surface area (Å²) in [6, 6.07) is 5.47. The van der Waals surface area contributed by atoms with Gasteiger partial charge in [-0.1, -0.05) is 32.0 Å². The van der Waals surface area contributed by atoms with Gasteiger partial charge >= 0.3 is 6.18 Å². The Balaban J connectivity index is 1.78. The van der Waals surface area contributed by atoms with Crippen molar-refractivity contribution in [1.29, 1.82) is 0 Å². The lowest BCUT2D eigenvalue weighted by molar-refractivity contribution is -0.137. The van der Waals surface area contributed by atoms with Gasteiger partial charge in [-0.3, -0.25) is 4.99 Å². The quantitative estimate of drug-likeness (QED) is 0.399. The number of alkyl halides is 3. The topological polar surface area (TPSA) is 54.9 Å². The van der Waals surface area contributed by atoms with Crippen LogP contribution in [-0.4, -0.2) is 52.0 Å². The number of nitrogens with one attached hydrogen (secondary N) is 2. The predicted octanol–water partition coefficient (Wildman–Crippen LogP) is 3.34. The van der Waals surface area contributed by atoms with E-state index < -0.39 is 17.2 Å². The molecule has 2 N–H and O–H groups in total. The normalized spacial score (nSPS) is 18.4. The van der Waals surface area contributed by atoms with Crippen LogP contribution in [0.2, 0.25) is 0 Å². The molecule has 0 saturated carbocycles. The first kappa shape index (κ1) is 22.5. The number of hydrogen-bond acceptors (Lipinski definition) is 3. The number of halogens is 3. The van der Waals surface area contributed by atoms with Crippen LogP contribution >= 0.6 is 0 Å². The molecule has 1 aliphatic heterocycles. The Kier molecular flexibility index (Phi) is 8.12. The summed E-state index contributed by atoms with van der Waals surface area (Å²) in [6.07, 6.45) is -2.37. The van der Waals surface area contributed by atoms with Crippen molar-refractivity contribution in [3.05, 3.63) is 35.4 Å². The highest BCUT2D eigenvalue weighted by Gasteiger charge is 2.32. The van der Waals surface area contributed by atoms with Gasteiger partial charge in [-0.25, -0.2) is 0 Å². The summed E-state index contributed by atoms with van der Waals surface area (Å²) in [5, 5.41) is 6.40. The average molecular weight is 401 g/mol. The van der Waals surface area contributed by atoms with Crippen molar-refractivity contribution in [2.24, 2.45) is 4.99 Å². The molecule has 1 heterocycles. The fourth-order valence-corrected chi connectivity index (χ4v) is 2.92. The Bertz CT molecular complexity index is 642. The van der Waals surface area contributed by atoms with E-state index in [0.29, 0.717) is 37.8 Å². The van der Waals surface area contributed by atoms with Crippen LogP contribution in [0.5, 0.6) is 0 Å². The van der Waals surface area contributed by atoms with Crippen LogP contribution in [0, 0.1) is 0 Å². The molecule has 0 aliphatic carbocycles. The molecule has 1 fully saturated rings. The van der Waals surface area contributed by atoms with E-state index in [0.717, 1.165) is 25.5 Å². The smallest absolute Gasteiger partial charge is 0.379 e. The zero-order valence-corrected chi connectivity index (χ0v) is 16.7. The van der Waals surface area contributed by atoms with E-state index in [1.165, 1.54) is 12.1 Å². The SMILES string of the molecule is CN=C(NCCCOC1CCOC1)NCC(C)(C)c1cccc(C(F)(F)F)c1. The monoisotopic (exact) mass is 401 g/mol. The Morgan fingerprint density at radius 2 is 2.00 bits per heavy atom. The summed E-state index contributed by atoms with van der Waals surface area (Å²) in [6.45, 7) is 7.03. The average Bonchev–Trinajstić information content (AvgIpc) is 3.17. The molecule has 8 heteroatoms. The molecule has 0 bridgehead atoms. The third-order valence-electron chi connectivity index (χ3n) is 4.75. The van der Waals surface area contributed by atoms with Crippen LogP contribution in [0.4, 0.5) is 13.2 Å². The van der Waals surface area contributed by atoms with Crippen molar-refractivity contribution in [3.8, 4) is 0 Å². The van der Waals surface area contributed by atoms with E-state index in [4.69, 9.17) is 9.47 Å². The first-order valence-corrected chi connectivity index (χ1v) is 9.54. The van der Waals surface area contributed by atoms with Crippen LogP contribution in [0.15, 0.2) is 29.3 Å². The van der Waals surface area contributed by atoms with Gasteiger partial charge in [0.2, 0.25) is 0 Å². The lowest BCUT2D eigenvalue weighted by Crippen LogP contribution is -2.44. The Morgan fingerprint density at radius 1 is 1.25 bits per heavy atom. The van der Waals surface area contributed by atoms with Gasteiger partial charge < -0.3 is 20.1 Å². The van der Waals surface area contributed by atoms with Crippen LogP contribution in [0.25, 0.3) is 0 Å². The minimum Gasteiger partial charge on any atom is -0.379 e. The van der Waals surface area contributed by atoms with E-state index in [1.807, 2.05) is 13.8 Å². The van der Waals surface area contributed by atoms with Gasteiger partial charge in [-0.2, -0.15) is 13.2 Å². The van der Waals surface area contributed by atoms with Crippen LogP contribution < -0.4 is 10.6 Å². The zero-order valence-electron chi connectivity index (χ0n) is 16.7. The molecule has 0 amide bonds. The summed E-state index contributed by atoms with van der Waals surface area (Å²) in [5.74, 6) is 0.615. The fraction of sp³-hybridized carbons (Fsp3) is 0.650. The minimum atomic E-state index is -4.34. The summed E-state index contributed by atoms with van der Waals surface area (Å²) in [5.41, 5.74) is -0.504. The molecule has 5 nitrogen and oxygen atoms in total. The molecule has 0 aromatic heterocycles. The molecule has 1 unspecified atom stereocenters. The predicted molar refractivity (Wildman–Crippen MR) is 104 cm³/mol. The number of guanidine groups is 1. The highest BCUT2D eigenvalue weighted by Crippen LogP contribution is 2.32. The van der Waals surface area contributed by atoms with Crippen molar-refractivity contribution in [2.45, 2.75) is 44.4 Å². The molecule has 0 radical (unpaired) electrons. The van der Waals surface area contributed by atoms with Gasteiger partial charge in [-0.15, -0.1) is 0 Å². The molecular formula is C20H30F3N3O2. The van der Waals surface area contributed by atoms with Gasteiger partial charge in [-0.05, 0) is 24.5 Å².